The van der Waals surface area contributed by atoms with Gasteiger partial charge in [-0.3, -0.25) is 4.79 Å². The fraction of sp³-hybridized carbons (Fsp3) is 0.286. The maximum absolute atomic E-state index is 12.7. The molecule has 0 aliphatic rings. The molecule has 0 spiro atoms. The van der Waals surface area contributed by atoms with Crippen molar-refractivity contribution in [2.24, 2.45) is 0 Å². The second-order valence-corrected chi connectivity index (χ2v) is 5.96. The summed E-state index contributed by atoms with van der Waals surface area (Å²) in [6.45, 7) is 1.80. The number of amides is 1. The minimum atomic E-state index is -0.785. The van der Waals surface area contributed by atoms with E-state index in [-0.39, 0.29) is 16.8 Å². The summed E-state index contributed by atoms with van der Waals surface area (Å²) in [6.07, 6.45) is -0.384. The van der Waals surface area contributed by atoms with Crippen LogP contribution in [0, 0.1) is 0 Å². The molecule has 0 saturated carbocycles. The number of methoxy groups -OCH3 is 3. The van der Waals surface area contributed by atoms with Gasteiger partial charge in [-0.25, -0.2) is 9.59 Å². The van der Waals surface area contributed by atoms with Gasteiger partial charge in [0.05, 0.1) is 32.5 Å². The lowest BCUT2D eigenvalue weighted by atomic mass is 10.1. The summed E-state index contributed by atoms with van der Waals surface area (Å²) in [5.41, 5.74) is 0.458. The van der Waals surface area contributed by atoms with Gasteiger partial charge in [-0.2, -0.15) is 0 Å². The van der Waals surface area contributed by atoms with Gasteiger partial charge in [0.1, 0.15) is 11.5 Å². The molecular formula is C21H23NO7. The number of anilines is 1. The molecule has 1 N–H and O–H groups in total. The number of nitrogens with one attached hydrogen (secondary N) is 1. The molecule has 1 atom stereocenters. The SMILES string of the molecule is CC[C@H](Oc1ccc(OC)cc1)C(=O)Nc1cc(C(=O)OC)cc(C(=O)OC)c1. The molecule has 1 amide bonds. The predicted octanol–water partition coefficient (Wildman–Crippen LogP) is 3.06. The van der Waals surface area contributed by atoms with Gasteiger partial charge in [-0.1, -0.05) is 6.92 Å². The summed E-state index contributed by atoms with van der Waals surface area (Å²) in [5, 5.41) is 2.67. The Kier molecular flexibility index (Phi) is 7.59. The average Bonchev–Trinajstić information content (AvgIpc) is 2.76. The predicted molar refractivity (Wildman–Crippen MR) is 105 cm³/mol. The number of carbonyl (C=O) groups excluding carboxylic acids is 3. The van der Waals surface area contributed by atoms with Crippen molar-refractivity contribution in [3.8, 4) is 11.5 Å². The van der Waals surface area contributed by atoms with E-state index in [0.717, 1.165) is 0 Å². The van der Waals surface area contributed by atoms with Gasteiger partial charge in [0.15, 0.2) is 6.10 Å². The average molecular weight is 401 g/mol. The van der Waals surface area contributed by atoms with Crippen molar-refractivity contribution >= 4 is 23.5 Å². The van der Waals surface area contributed by atoms with Crippen molar-refractivity contribution in [1.82, 2.24) is 0 Å². The van der Waals surface area contributed by atoms with Crippen molar-refractivity contribution < 1.29 is 33.3 Å². The van der Waals surface area contributed by atoms with Crippen LogP contribution < -0.4 is 14.8 Å². The van der Waals surface area contributed by atoms with Crippen molar-refractivity contribution in [2.75, 3.05) is 26.6 Å². The molecule has 8 heteroatoms. The second kappa shape index (κ2) is 10.1. The van der Waals surface area contributed by atoms with Crippen LogP contribution in [0.3, 0.4) is 0 Å². The van der Waals surface area contributed by atoms with Crippen LogP contribution in [0.5, 0.6) is 11.5 Å². The molecule has 0 aromatic heterocycles. The standard InChI is InChI=1S/C21H23NO7/c1-5-18(29-17-8-6-16(26-2)7-9-17)19(23)22-15-11-13(20(24)27-3)10-14(12-15)21(25)28-4/h6-12,18H,5H2,1-4H3,(H,22,23)/t18-/m0/s1. The number of esters is 2. The number of ether oxygens (including phenoxy) is 4. The maximum atomic E-state index is 12.7. The lowest BCUT2D eigenvalue weighted by molar-refractivity contribution is -0.122. The third-order valence-electron chi connectivity index (χ3n) is 4.04. The highest BCUT2D eigenvalue weighted by Gasteiger charge is 2.21. The van der Waals surface area contributed by atoms with Crippen LogP contribution in [0.25, 0.3) is 0 Å². The van der Waals surface area contributed by atoms with E-state index in [1.54, 1.807) is 38.3 Å². The first-order chi connectivity index (χ1) is 13.9. The third kappa shape index (κ3) is 5.71. The molecule has 2 rings (SSSR count). The number of carbonyl (C=O) groups is 3. The molecular weight excluding hydrogens is 378 g/mol. The molecule has 8 nitrogen and oxygen atoms in total. The Hall–Kier alpha value is -3.55. The van der Waals surface area contributed by atoms with Crippen LogP contribution in [0.4, 0.5) is 5.69 Å². The van der Waals surface area contributed by atoms with Crippen LogP contribution in [0.15, 0.2) is 42.5 Å². The van der Waals surface area contributed by atoms with Crippen LogP contribution in [-0.2, 0) is 14.3 Å². The fourth-order valence-electron chi connectivity index (χ4n) is 2.53. The Morgan fingerprint density at radius 1 is 0.862 bits per heavy atom. The first-order valence-electron chi connectivity index (χ1n) is 8.85. The summed E-state index contributed by atoms with van der Waals surface area (Å²) >= 11 is 0. The van der Waals surface area contributed by atoms with Crippen molar-refractivity contribution in [3.63, 3.8) is 0 Å². The normalized spacial score (nSPS) is 11.2. The molecule has 0 aliphatic carbocycles. The minimum Gasteiger partial charge on any atom is -0.497 e. The summed E-state index contributed by atoms with van der Waals surface area (Å²) in [7, 11) is 4.01. The van der Waals surface area contributed by atoms with E-state index in [9.17, 15) is 14.4 Å². The molecule has 0 saturated heterocycles. The molecule has 0 fully saturated rings. The van der Waals surface area contributed by atoms with E-state index in [2.05, 4.69) is 5.32 Å². The Labute approximate surface area is 168 Å². The highest BCUT2D eigenvalue weighted by molar-refractivity contribution is 6.00. The molecule has 0 radical (unpaired) electrons. The summed E-state index contributed by atoms with van der Waals surface area (Å²) in [4.78, 5) is 36.4. The zero-order chi connectivity index (χ0) is 21.4. The van der Waals surface area contributed by atoms with E-state index in [1.165, 1.54) is 32.4 Å². The molecule has 0 heterocycles. The zero-order valence-electron chi connectivity index (χ0n) is 16.7. The van der Waals surface area contributed by atoms with Gasteiger partial charge in [-0.05, 0) is 48.9 Å². The van der Waals surface area contributed by atoms with Gasteiger partial charge in [0.2, 0.25) is 0 Å². The van der Waals surface area contributed by atoms with E-state index in [1.807, 2.05) is 0 Å². The van der Waals surface area contributed by atoms with Gasteiger partial charge in [0.25, 0.3) is 5.91 Å². The van der Waals surface area contributed by atoms with Gasteiger partial charge in [0, 0.05) is 5.69 Å². The highest BCUT2D eigenvalue weighted by atomic mass is 16.5. The van der Waals surface area contributed by atoms with Crippen LogP contribution in [0.1, 0.15) is 34.1 Å². The first-order valence-corrected chi connectivity index (χ1v) is 8.85. The molecule has 0 aliphatic heterocycles. The zero-order valence-corrected chi connectivity index (χ0v) is 16.7. The second-order valence-electron chi connectivity index (χ2n) is 5.96. The lowest BCUT2D eigenvalue weighted by Crippen LogP contribution is -2.32. The van der Waals surface area contributed by atoms with Gasteiger partial charge >= 0.3 is 11.9 Å². The monoisotopic (exact) mass is 401 g/mol. The van der Waals surface area contributed by atoms with Crippen LogP contribution in [0.2, 0.25) is 0 Å². The maximum Gasteiger partial charge on any atom is 0.337 e. The molecule has 2 aromatic rings. The Balaban J connectivity index is 2.21. The van der Waals surface area contributed by atoms with Crippen molar-refractivity contribution in [2.45, 2.75) is 19.4 Å². The van der Waals surface area contributed by atoms with Crippen molar-refractivity contribution in [1.29, 1.82) is 0 Å². The number of hydrogen-bond acceptors (Lipinski definition) is 7. The largest absolute Gasteiger partial charge is 0.497 e. The molecule has 0 bridgehead atoms. The Morgan fingerprint density at radius 2 is 1.38 bits per heavy atom. The molecule has 29 heavy (non-hydrogen) atoms. The number of rotatable bonds is 8. The van der Waals surface area contributed by atoms with E-state index in [4.69, 9.17) is 18.9 Å². The highest BCUT2D eigenvalue weighted by Crippen LogP contribution is 2.21. The lowest BCUT2D eigenvalue weighted by Gasteiger charge is -2.18. The van der Waals surface area contributed by atoms with E-state index in [0.29, 0.717) is 17.9 Å². The quantitative estimate of drug-likeness (QED) is 0.679. The Bertz CT molecular complexity index is 843. The van der Waals surface area contributed by atoms with Crippen LogP contribution in [-0.4, -0.2) is 45.3 Å². The van der Waals surface area contributed by atoms with Crippen molar-refractivity contribution in [3.05, 3.63) is 53.6 Å². The topological polar surface area (TPSA) is 100 Å². The third-order valence-corrected chi connectivity index (χ3v) is 4.04. The molecule has 2 aromatic carbocycles. The van der Waals surface area contributed by atoms with Crippen LogP contribution >= 0.6 is 0 Å². The van der Waals surface area contributed by atoms with E-state index >= 15 is 0 Å². The number of hydrogen-bond donors (Lipinski definition) is 1. The summed E-state index contributed by atoms with van der Waals surface area (Å²) in [6, 6.07) is 11.0. The molecule has 0 unspecified atom stereocenters. The summed E-state index contributed by atoms with van der Waals surface area (Å²) in [5.74, 6) is -0.544. The summed E-state index contributed by atoms with van der Waals surface area (Å²) < 4.78 is 20.2. The molecule has 154 valence electrons. The fourth-order valence-corrected chi connectivity index (χ4v) is 2.53. The van der Waals surface area contributed by atoms with Gasteiger partial charge < -0.3 is 24.3 Å². The smallest absolute Gasteiger partial charge is 0.337 e. The minimum absolute atomic E-state index is 0.106. The van der Waals surface area contributed by atoms with Gasteiger partial charge in [-0.15, -0.1) is 0 Å². The van der Waals surface area contributed by atoms with E-state index < -0.39 is 23.9 Å². The number of benzene rings is 2. The Morgan fingerprint density at radius 3 is 1.83 bits per heavy atom. The first kappa shape index (κ1) is 21.7.